The van der Waals surface area contributed by atoms with E-state index in [4.69, 9.17) is 0 Å². The highest BCUT2D eigenvalue weighted by Crippen LogP contribution is 2.33. The minimum Gasteiger partial charge on any atom is -0.406 e. The normalized spacial score (nSPS) is 14.5. The summed E-state index contributed by atoms with van der Waals surface area (Å²) in [6.07, 6.45) is -2.57. The van der Waals surface area contributed by atoms with Gasteiger partial charge in [0, 0.05) is 12.1 Å². The zero-order valence-electron chi connectivity index (χ0n) is 22.6. The lowest BCUT2D eigenvalue weighted by Crippen LogP contribution is -2.32. The van der Waals surface area contributed by atoms with Crippen LogP contribution in [0.2, 0.25) is 0 Å². The van der Waals surface area contributed by atoms with E-state index < -0.39 is 12.4 Å². The summed E-state index contributed by atoms with van der Waals surface area (Å²) in [6.45, 7) is 4.16. The fourth-order valence-corrected chi connectivity index (χ4v) is 5.24. The van der Waals surface area contributed by atoms with Crippen LogP contribution < -0.4 is 15.0 Å². The molecule has 3 amide bonds. The number of nitrogens with one attached hydrogen (secondary N) is 1. The number of halogens is 3. The Morgan fingerprint density at radius 1 is 1.10 bits per heavy atom. The predicted octanol–water partition coefficient (Wildman–Crippen LogP) is 6.05. The first-order valence-corrected chi connectivity index (χ1v) is 13.9. The van der Waals surface area contributed by atoms with Gasteiger partial charge in [0.1, 0.15) is 12.1 Å². The lowest BCUT2D eigenvalue weighted by atomic mass is 10.0. The zero-order valence-corrected chi connectivity index (χ0v) is 23.4. The molecule has 9 nitrogen and oxygen atoms in total. The third-order valence-electron chi connectivity index (χ3n) is 6.37. The van der Waals surface area contributed by atoms with E-state index in [1.165, 1.54) is 51.9 Å². The van der Waals surface area contributed by atoms with Gasteiger partial charge in [-0.15, -0.1) is 18.3 Å². The summed E-state index contributed by atoms with van der Waals surface area (Å²) in [5.41, 5.74) is 4.76. The molecular formula is C29H25F3N6O3S. The Labute approximate surface area is 243 Å². The van der Waals surface area contributed by atoms with Crippen molar-refractivity contribution in [2.75, 3.05) is 10.7 Å². The van der Waals surface area contributed by atoms with Crippen molar-refractivity contribution in [1.82, 2.24) is 20.1 Å². The Hall–Kier alpha value is -4.65. The quantitative estimate of drug-likeness (QED) is 0.280. The van der Waals surface area contributed by atoms with Crippen LogP contribution >= 0.6 is 11.8 Å². The largest absolute Gasteiger partial charge is 0.573 e. The smallest absolute Gasteiger partial charge is 0.406 e. The van der Waals surface area contributed by atoms with Gasteiger partial charge in [0.2, 0.25) is 5.91 Å². The highest BCUT2D eigenvalue weighted by atomic mass is 32.2. The highest BCUT2D eigenvalue weighted by molar-refractivity contribution is 8.15. The number of alkyl halides is 3. The van der Waals surface area contributed by atoms with Crippen molar-refractivity contribution in [2.45, 2.75) is 33.2 Å². The van der Waals surface area contributed by atoms with E-state index in [2.05, 4.69) is 25.1 Å². The van der Waals surface area contributed by atoms with Gasteiger partial charge in [0.15, 0.2) is 11.0 Å². The SMILES string of the molecule is CCc1cccc(C)c1N1C(=O)CS/C1=N\C(=O)NCc1ccc(-c2ncn(-c3ccc(OC(F)(F)F)cc3)n2)cc1. The van der Waals surface area contributed by atoms with Crippen LogP contribution in [0.4, 0.5) is 23.7 Å². The van der Waals surface area contributed by atoms with Crippen LogP contribution in [0.1, 0.15) is 23.6 Å². The predicted molar refractivity (Wildman–Crippen MR) is 154 cm³/mol. The number of hydrogen-bond donors (Lipinski definition) is 1. The molecule has 2 heterocycles. The van der Waals surface area contributed by atoms with E-state index in [0.29, 0.717) is 22.2 Å². The number of carbonyl (C=O) groups excluding carboxylic acids is 2. The van der Waals surface area contributed by atoms with Crippen molar-refractivity contribution in [3.8, 4) is 22.8 Å². The molecule has 5 rings (SSSR count). The summed E-state index contributed by atoms with van der Waals surface area (Å²) in [5, 5.41) is 7.51. The number of anilines is 1. The van der Waals surface area contributed by atoms with Gasteiger partial charge in [-0.3, -0.25) is 9.69 Å². The molecule has 1 saturated heterocycles. The number of rotatable bonds is 7. The van der Waals surface area contributed by atoms with E-state index >= 15 is 0 Å². The number of aryl methyl sites for hydroxylation is 2. The van der Waals surface area contributed by atoms with Gasteiger partial charge in [0.05, 0.1) is 17.1 Å². The fourth-order valence-electron chi connectivity index (χ4n) is 4.39. The molecule has 1 N–H and O–H groups in total. The van der Waals surface area contributed by atoms with Gasteiger partial charge in [-0.25, -0.2) is 14.5 Å². The molecule has 0 spiro atoms. The minimum atomic E-state index is -4.76. The van der Waals surface area contributed by atoms with E-state index in [9.17, 15) is 22.8 Å². The van der Waals surface area contributed by atoms with Gasteiger partial charge in [-0.2, -0.15) is 4.99 Å². The Morgan fingerprint density at radius 3 is 2.52 bits per heavy atom. The molecule has 1 aromatic heterocycles. The Bertz CT molecular complexity index is 1640. The van der Waals surface area contributed by atoms with Crippen LogP contribution in [0.15, 0.2) is 78.0 Å². The first-order valence-electron chi connectivity index (χ1n) is 12.9. The Balaban J connectivity index is 1.22. The first-order chi connectivity index (χ1) is 20.1. The Kier molecular flexibility index (Phi) is 8.29. The monoisotopic (exact) mass is 594 g/mol. The maximum atomic E-state index is 12.7. The number of amidine groups is 1. The number of nitrogens with zero attached hydrogens (tertiary/aromatic N) is 5. The summed E-state index contributed by atoms with van der Waals surface area (Å²) in [6, 6.07) is 17.8. The zero-order chi connectivity index (χ0) is 29.9. The molecule has 0 atom stereocenters. The Morgan fingerprint density at radius 2 is 1.83 bits per heavy atom. The van der Waals surface area contributed by atoms with Gasteiger partial charge in [-0.05, 0) is 54.3 Å². The number of amides is 3. The average Bonchev–Trinajstić information content (AvgIpc) is 3.59. The van der Waals surface area contributed by atoms with Crippen molar-refractivity contribution in [2.24, 2.45) is 4.99 Å². The number of aromatic nitrogens is 3. The summed E-state index contributed by atoms with van der Waals surface area (Å²) in [4.78, 5) is 35.4. The molecule has 0 bridgehead atoms. The maximum absolute atomic E-state index is 12.7. The van der Waals surface area contributed by atoms with Crippen LogP contribution in [0.5, 0.6) is 5.75 Å². The van der Waals surface area contributed by atoms with Crippen LogP contribution in [-0.2, 0) is 17.8 Å². The number of benzene rings is 3. The molecule has 216 valence electrons. The van der Waals surface area contributed by atoms with Crippen LogP contribution in [0.3, 0.4) is 0 Å². The lowest BCUT2D eigenvalue weighted by Gasteiger charge is -2.21. The molecule has 0 unspecified atom stereocenters. The number of carbonyl (C=O) groups is 2. The van der Waals surface area contributed by atoms with Crippen molar-refractivity contribution in [3.63, 3.8) is 0 Å². The second-order valence-corrected chi connectivity index (χ2v) is 10.2. The lowest BCUT2D eigenvalue weighted by molar-refractivity contribution is -0.274. The molecule has 13 heteroatoms. The molecule has 0 saturated carbocycles. The number of hydrogen-bond acceptors (Lipinski definition) is 6. The molecule has 0 aliphatic carbocycles. The molecule has 1 aliphatic rings. The highest BCUT2D eigenvalue weighted by Gasteiger charge is 2.33. The second kappa shape index (κ2) is 12.1. The van der Waals surface area contributed by atoms with E-state index in [1.54, 1.807) is 12.1 Å². The topological polar surface area (TPSA) is 102 Å². The van der Waals surface area contributed by atoms with E-state index in [0.717, 1.165) is 28.8 Å². The van der Waals surface area contributed by atoms with Crippen molar-refractivity contribution < 1.29 is 27.5 Å². The first kappa shape index (κ1) is 28.9. The fraction of sp³-hybridized carbons (Fsp3) is 0.207. The van der Waals surface area contributed by atoms with Gasteiger partial charge in [-0.1, -0.05) is 61.2 Å². The summed E-state index contributed by atoms with van der Waals surface area (Å²) < 4.78 is 42.5. The molecule has 4 aromatic rings. The molecule has 0 radical (unpaired) electrons. The number of urea groups is 1. The standard InChI is InChI=1S/C29H25F3N6O3S/c1-3-20-6-4-5-18(2)25(20)38-24(39)16-42-28(38)35-27(40)33-15-19-7-9-21(10-8-19)26-34-17-37(36-26)22-11-13-23(14-12-22)41-29(30,31)32/h4-14,17H,3,15-16H2,1-2H3,(H,33,40)/b35-28-. The number of thioether (sulfide) groups is 1. The second-order valence-electron chi connectivity index (χ2n) is 9.26. The average molecular weight is 595 g/mol. The third kappa shape index (κ3) is 6.62. The number of ether oxygens (including phenoxy) is 1. The van der Waals surface area contributed by atoms with Crippen molar-refractivity contribution >= 4 is 34.6 Å². The molecular weight excluding hydrogens is 569 g/mol. The van der Waals surface area contributed by atoms with Crippen LogP contribution in [0.25, 0.3) is 17.1 Å². The number of aliphatic imine (C=N–C) groups is 1. The molecule has 1 fully saturated rings. The summed E-state index contributed by atoms with van der Waals surface area (Å²) in [5.74, 6) is 0.186. The number of para-hydroxylation sites is 1. The van der Waals surface area contributed by atoms with Gasteiger partial charge >= 0.3 is 12.4 Å². The summed E-state index contributed by atoms with van der Waals surface area (Å²) >= 11 is 1.23. The molecule has 42 heavy (non-hydrogen) atoms. The van der Waals surface area contributed by atoms with Gasteiger partial charge in [0.25, 0.3) is 0 Å². The third-order valence-corrected chi connectivity index (χ3v) is 7.29. The molecule has 3 aromatic carbocycles. The van der Waals surface area contributed by atoms with E-state index in [1.807, 2.05) is 44.2 Å². The summed E-state index contributed by atoms with van der Waals surface area (Å²) in [7, 11) is 0. The van der Waals surface area contributed by atoms with Crippen molar-refractivity contribution in [3.05, 3.63) is 89.7 Å². The van der Waals surface area contributed by atoms with Gasteiger partial charge < -0.3 is 10.1 Å². The van der Waals surface area contributed by atoms with Crippen LogP contribution in [-0.4, -0.2) is 44.0 Å². The van der Waals surface area contributed by atoms with Crippen LogP contribution in [0, 0.1) is 6.92 Å². The minimum absolute atomic E-state index is 0.116. The molecule has 1 aliphatic heterocycles. The van der Waals surface area contributed by atoms with E-state index in [-0.39, 0.29) is 24.0 Å². The van der Waals surface area contributed by atoms with Crippen molar-refractivity contribution in [1.29, 1.82) is 0 Å². The maximum Gasteiger partial charge on any atom is 0.573 e.